The lowest BCUT2D eigenvalue weighted by Gasteiger charge is -2.03. The number of carboxylic acid groups (broad SMARTS) is 2. The molecule has 0 saturated carbocycles. The van der Waals surface area contributed by atoms with E-state index in [9.17, 15) is 9.59 Å². The molecule has 0 spiro atoms. The highest BCUT2D eigenvalue weighted by atomic mass is 17.8. The molecule has 0 aliphatic carbocycles. The minimum Gasteiger partial charge on any atom is -0.481 e. The summed E-state index contributed by atoms with van der Waals surface area (Å²) in [5, 5.41) is 38.4. The lowest BCUT2D eigenvalue weighted by atomic mass is 10.1. The minimum atomic E-state index is -1.70. The molecule has 0 amide bonds. The van der Waals surface area contributed by atoms with Gasteiger partial charge in [-0.3, -0.25) is 4.79 Å². The van der Waals surface area contributed by atoms with Crippen LogP contribution in [-0.4, -0.2) is 55.1 Å². The predicted molar refractivity (Wildman–Crippen MR) is 121 cm³/mol. The SMILES string of the molecule is O=C(O)CCCCCCCCCCCNCC#CCNCCCCCOOOOOOC(=O)O. The van der Waals surface area contributed by atoms with Crippen LogP contribution >= 0.6 is 0 Å². The third-order valence-electron chi connectivity index (χ3n) is 4.61. The van der Waals surface area contributed by atoms with Crippen molar-refractivity contribution in [2.24, 2.45) is 0 Å². The van der Waals surface area contributed by atoms with Crippen LogP contribution in [0.2, 0.25) is 0 Å². The summed E-state index contributed by atoms with van der Waals surface area (Å²) < 4.78 is 0. The molecule has 0 aromatic carbocycles. The van der Waals surface area contributed by atoms with Crippen molar-refractivity contribution in [1.29, 1.82) is 0 Å². The van der Waals surface area contributed by atoms with Gasteiger partial charge in [-0.1, -0.05) is 56.8 Å². The van der Waals surface area contributed by atoms with Crippen LogP contribution in [0.15, 0.2) is 0 Å². The van der Waals surface area contributed by atoms with Gasteiger partial charge in [0.15, 0.2) is 0 Å². The van der Waals surface area contributed by atoms with E-state index in [2.05, 4.69) is 52.4 Å². The van der Waals surface area contributed by atoms with Gasteiger partial charge in [0.1, 0.15) is 0 Å². The van der Waals surface area contributed by atoms with Gasteiger partial charge in [0.05, 0.1) is 19.7 Å². The molecule has 0 aromatic rings. The third-order valence-corrected chi connectivity index (χ3v) is 4.61. The summed E-state index contributed by atoms with van der Waals surface area (Å²) in [5.41, 5.74) is 0. The average Bonchev–Trinajstić information content (AvgIpc) is 2.80. The maximum absolute atomic E-state index is 10.4. The molecule has 0 bridgehead atoms. The van der Waals surface area contributed by atoms with E-state index in [0.29, 0.717) is 19.5 Å². The Bertz CT molecular complexity index is 496. The molecule has 12 heteroatoms. The highest BCUT2D eigenvalue weighted by molar-refractivity contribution is 5.66. The van der Waals surface area contributed by atoms with Gasteiger partial charge in [-0.05, 0) is 55.3 Å². The van der Waals surface area contributed by atoms with Gasteiger partial charge in [0.2, 0.25) is 0 Å². The van der Waals surface area contributed by atoms with Crippen LogP contribution in [0.25, 0.3) is 0 Å². The van der Waals surface area contributed by atoms with Crippen molar-refractivity contribution in [1.82, 2.24) is 10.6 Å². The number of hydrogen-bond acceptors (Lipinski definition) is 10. The van der Waals surface area contributed by atoms with E-state index in [0.717, 1.165) is 51.6 Å². The maximum Gasteiger partial charge on any atom is 0.540 e. The fourth-order valence-electron chi connectivity index (χ4n) is 2.90. The minimum absolute atomic E-state index is 0.269. The second kappa shape index (κ2) is 27.3. The van der Waals surface area contributed by atoms with Crippen LogP contribution in [0.1, 0.15) is 83.5 Å². The van der Waals surface area contributed by atoms with Crippen LogP contribution < -0.4 is 10.6 Å². The molecule has 0 heterocycles. The summed E-state index contributed by atoms with van der Waals surface area (Å²) in [7, 11) is 0. The molecule has 0 atom stereocenters. The predicted octanol–water partition coefficient (Wildman–Crippen LogP) is 3.68. The summed E-state index contributed by atoms with van der Waals surface area (Å²) in [6.45, 7) is 3.47. The van der Waals surface area contributed by atoms with Crippen molar-refractivity contribution in [3.05, 3.63) is 0 Å². The van der Waals surface area contributed by atoms with Crippen molar-refractivity contribution in [3.8, 4) is 11.8 Å². The molecule has 0 saturated heterocycles. The largest absolute Gasteiger partial charge is 0.540 e. The number of carbonyl (C=O) groups is 2. The zero-order valence-electron chi connectivity index (χ0n) is 19.9. The first-order valence-electron chi connectivity index (χ1n) is 11.9. The fraction of sp³-hybridized carbons (Fsp3) is 0.818. The first-order valence-corrected chi connectivity index (χ1v) is 11.9. The smallest absolute Gasteiger partial charge is 0.481 e. The van der Waals surface area contributed by atoms with E-state index in [1.165, 1.54) is 38.5 Å². The molecule has 0 radical (unpaired) electrons. The number of aliphatic carboxylic acids is 1. The van der Waals surface area contributed by atoms with E-state index in [-0.39, 0.29) is 6.61 Å². The molecule has 12 nitrogen and oxygen atoms in total. The second-order valence-corrected chi connectivity index (χ2v) is 7.54. The van der Waals surface area contributed by atoms with Crippen molar-refractivity contribution in [2.75, 3.05) is 32.8 Å². The van der Waals surface area contributed by atoms with Crippen molar-refractivity contribution >= 4 is 12.1 Å². The monoisotopic (exact) mass is 492 g/mol. The Morgan fingerprint density at radius 2 is 1.12 bits per heavy atom. The Balaban J connectivity index is 3.13. The van der Waals surface area contributed by atoms with Crippen molar-refractivity contribution in [3.63, 3.8) is 0 Å². The van der Waals surface area contributed by atoms with Crippen molar-refractivity contribution in [2.45, 2.75) is 83.5 Å². The molecule has 0 fully saturated rings. The van der Waals surface area contributed by atoms with Crippen LogP contribution in [0.3, 0.4) is 0 Å². The zero-order chi connectivity index (χ0) is 25.0. The Morgan fingerprint density at radius 1 is 0.618 bits per heavy atom. The van der Waals surface area contributed by atoms with Gasteiger partial charge in [0, 0.05) is 16.5 Å². The topological polar surface area (TPSA) is 154 Å². The highest BCUT2D eigenvalue weighted by Gasteiger charge is 1.99. The number of unbranched alkanes of at least 4 members (excludes halogenated alkanes) is 10. The maximum atomic E-state index is 10.4. The molecule has 0 rings (SSSR count). The normalized spacial score (nSPS) is 10.6. The molecule has 0 unspecified atom stereocenters. The van der Waals surface area contributed by atoms with Gasteiger partial charge in [-0.25, -0.2) is 14.6 Å². The van der Waals surface area contributed by atoms with Gasteiger partial charge in [-0.15, -0.1) is 0 Å². The van der Waals surface area contributed by atoms with Crippen LogP contribution in [-0.2, 0) is 34.7 Å². The Labute approximate surface area is 201 Å². The second-order valence-electron chi connectivity index (χ2n) is 7.54. The Morgan fingerprint density at radius 3 is 1.68 bits per heavy atom. The average molecular weight is 493 g/mol. The molecule has 0 aromatic heterocycles. The van der Waals surface area contributed by atoms with Crippen LogP contribution in [0, 0.1) is 11.8 Å². The Kier molecular flexibility index (Phi) is 25.7. The molecule has 198 valence electrons. The summed E-state index contributed by atoms with van der Waals surface area (Å²) in [6.07, 6.45) is 11.6. The summed E-state index contributed by atoms with van der Waals surface area (Å²) >= 11 is 0. The number of nitrogens with one attached hydrogen (secondary N) is 2. The van der Waals surface area contributed by atoms with Gasteiger partial charge in [-0.2, -0.15) is 0 Å². The lowest BCUT2D eigenvalue weighted by Crippen LogP contribution is -2.17. The third kappa shape index (κ3) is 30.0. The molecule has 4 N–H and O–H groups in total. The van der Waals surface area contributed by atoms with Crippen LogP contribution in [0.4, 0.5) is 4.79 Å². The quantitative estimate of drug-likeness (QED) is 0.0636. The van der Waals surface area contributed by atoms with Gasteiger partial charge >= 0.3 is 12.1 Å². The van der Waals surface area contributed by atoms with E-state index in [1.807, 2.05) is 0 Å². The molecule has 0 aliphatic rings. The first kappa shape index (κ1) is 32.0. The zero-order valence-corrected chi connectivity index (χ0v) is 19.9. The van der Waals surface area contributed by atoms with Gasteiger partial charge < -0.3 is 20.8 Å². The van der Waals surface area contributed by atoms with E-state index < -0.39 is 12.1 Å². The standard InChI is InChI=1S/C22H40N2O10/c25-21(26)15-9-6-4-2-1-3-5-7-10-16-23-18-12-13-19-24-17-11-8-14-20-29-31-33-34-32-30-22(27)28/h23-24H,1-11,14-20H2,(H,25,26)(H,27,28). The van der Waals surface area contributed by atoms with E-state index >= 15 is 0 Å². The molecular weight excluding hydrogens is 452 g/mol. The molecular formula is C22H40N2O10. The number of hydrogen-bond donors (Lipinski definition) is 4. The van der Waals surface area contributed by atoms with Crippen LogP contribution in [0.5, 0.6) is 0 Å². The molecule has 34 heavy (non-hydrogen) atoms. The van der Waals surface area contributed by atoms with E-state index in [1.54, 1.807) is 0 Å². The summed E-state index contributed by atoms with van der Waals surface area (Å²) in [6, 6.07) is 0. The first-order chi connectivity index (χ1) is 16.6. The lowest BCUT2D eigenvalue weighted by molar-refractivity contribution is -0.749. The highest BCUT2D eigenvalue weighted by Crippen LogP contribution is 2.10. The van der Waals surface area contributed by atoms with Gasteiger partial charge in [0.25, 0.3) is 0 Å². The fourth-order valence-corrected chi connectivity index (χ4v) is 2.90. The summed E-state index contributed by atoms with van der Waals surface area (Å²) in [5.74, 6) is 5.49. The number of carboxylic acids is 1. The van der Waals surface area contributed by atoms with Crippen molar-refractivity contribution < 1.29 is 49.7 Å². The number of rotatable bonds is 25. The summed E-state index contributed by atoms with van der Waals surface area (Å²) in [4.78, 5) is 28.4. The molecule has 0 aliphatic heterocycles. The Hall–Kier alpha value is -1.98. The van der Waals surface area contributed by atoms with E-state index in [4.69, 9.17) is 10.2 Å².